The topological polar surface area (TPSA) is 67.9 Å². The molecular weight excluding hydrogens is 488 g/mol. The van der Waals surface area contributed by atoms with Crippen molar-refractivity contribution in [1.29, 1.82) is 0 Å². The number of nitrogens with zero attached hydrogens (tertiary/aromatic N) is 1. The van der Waals surface area contributed by atoms with Crippen LogP contribution in [0.1, 0.15) is 33.4 Å². The average Bonchev–Trinajstić information content (AvgIpc) is 2.93. The van der Waals surface area contributed by atoms with E-state index >= 15 is 0 Å². The van der Waals surface area contributed by atoms with E-state index in [1.54, 1.807) is 61.6 Å². The van der Waals surface area contributed by atoms with Crippen molar-refractivity contribution < 1.29 is 19.1 Å². The largest absolute Gasteiger partial charge is 0.497 e. The molecule has 0 radical (unpaired) electrons. The summed E-state index contributed by atoms with van der Waals surface area (Å²) in [6.45, 7) is 0. The molecular formula is C30H25ClN2O4. The summed E-state index contributed by atoms with van der Waals surface area (Å²) in [7, 11) is 3.19. The molecule has 1 heterocycles. The average molecular weight is 513 g/mol. The highest BCUT2D eigenvalue weighted by Gasteiger charge is 2.45. The van der Waals surface area contributed by atoms with E-state index in [9.17, 15) is 9.59 Å². The fourth-order valence-corrected chi connectivity index (χ4v) is 4.96. The lowest BCUT2D eigenvalue weighted by atomic mass is 9.78. The summed E-state index contributed by atoms with van der Waals surface area (Å²) < 4.78 is 10.7. The molecule has 1 aliphatic rings. The quantitative estimate of drug-likeness (QED) is 0.321. The summed E-state index contributed by atoms with van der Waals surface area (Å²) in [5.74, 6) is 0.213. The minimum atomic E-state index is -0.705. The summed E-state index contributed by atoms with van der Waals surface area (Å²) in [5, 5.41) is 3.53. The monoisotopic (exact) mass is 512 g/mol. The fourth-order valence-electron chi connectivity index (χ4n) is 4.77. The molecule has 0 aliphatic carbocycles. The second-order valence-electron chi connectivity index (χ2n) is 8.66. The van der Waals surface area contributed by atoms with E-state index < -0.39 is 12.0 Å². The Labute approximate surface area is 220 Å². The Morgan fingerprint density at radius 2 is 1.49 bits per heavy atom. The zero-order valence-electron chi connectivity index (χ0n) is 20.4. The van der Waals surface area contributed by atoms with Crippen molar-refractivity contribution in [3.05, 3.63) is 119 Å². The van der Waals surface area contributed by atoms with Crippen molar-refractivity contribution in [2.45, 2.75) is 12.0 Å². The van der Waals surface area contributed by atoms with Crippen LogP contribution in [0.15, 0.2) is 97.1 Å². The first-order chi connectivity index (χ1) is 18.0. The third-order valence-electron chi connectivity index (χ3n) is 6.52. The highest BCUT2D eigenvalue weighted by atomic mass is 35.5. The van der Waals surface area contributed by atoms with Crippen LogP contribution in [0.4, 0.5) is 11.4 Å². The number of hydrogen-bond acceptors (Lipinski definition) is 4. The molecule has 2 amide bonds. The number of fused-ring (bicyclic) bond motifs is 1. The molecule has 0 saturated carbocycles. The number of methoxy groups -OCH3 is 2. The predicted molar refractivity (Wildman–Crippen MR) is 145 cm³/mol. The number of carbonyl (C=O) groups is 2. The molecule has 1 aliphatic heterocycles. The number of ether oxygens (including phenoxy) is 2. The summed E-state index contributed by atoms with van der Waals surface area (Å²) >= 11 is 6.17. The first kappa shape index (κ1) is 24.4. The zero-order chi connectivity index (χ0) is 25.9. The first-order valence-electron chi connectivity index (χ1n) is 11.8. The van der Waals surface area contributed by atoms with Gasteiger partial charge in [0.15, 0.2) is 0 Å². The van der Waals surface area contributed by atoms with Crippen molar-refractivity contribution in [1.82, 2.24) is 0 Å². The second kappa shape index (κ2) is 10.4. The van der Waals surface area contributed by atoms with Gasteiger partial charge in [0.1, 0.15) is 11.5 Å². The maximum atomic E-state index is 14.0. The van der Waals surface area contributed by atoms with Gasteiger partial charge in [0, 0.05) is 22.0 Å². The van der Waals surface area contributed by atoms with Crippen LogP contribution < -0.4 is 19.7 Å². The lowest BCUT2D eigenvalue weighted by Crippen LogP contribution is -2.46. The van der Waals surface area contributed by atoms with Gasteiger partial charge in [-0.2, -0.15) is 0 Å². The molecule has 186 valence electrons. The maximum Gasteiger partial charge on any atom is 0.259 e. The summed E-state index contributed by atoms with van der Waals surface area (Å²) in [6.07, 6.45) is 0. The maximum absolute atomic E-state index is 14.0. The zero-order valence-corrected chi connectivity index (χ0v) is 21.1. The van der Waals surface area contributed by atoms with Crippen LogP contribution in [0.2, 0.25) is 5.02 Å². The lowest BCUT2D eigenvalue weighted by Gasteiger charge is -2.42. The number of carbonyl (C=O) groups excluding carboxylic acids is 2. The van der Waals surface area contributed by atoms with Gasteiger partial charge in [0.25, 0.3) is 5.91 Å². The summed E-state index contributed by atoms with van der Waals surface area (Å²) in [4.78, 5) is 29.7. The van der Waals surface area contributed by atoms with Crippen LogP contribution in [-0.2, 0) is 4.79 Å². The lowest BCUT2D eigenvalue weighted by molar-refractivity contribution is -0.118. The molecule has 0 unspecified atom stereocenters. The normalized spacial score (nSPS) is 16.6. The van der Waals surface area contributed by atoms with Gasteiger partial charge in [0.2, 0.25) is 5.91 Å². The molecule has 0 bridgehead atoms. The van der Waals surface area contributed by atoms with Crippen molar-refractivity contribution in [3.63, 3.8) is 0 Å². The number of anilines is 2. The molecule has 4 aromatic rings. The van der Waals surface area contributed by atoms with Gasteiger partial charge in [-0.25, -0.2) is 0 Å². The molecule has 0 aromatic heterocycles. The van der Waals surface area contributed by atoms with Gasteiger partial charge in [-0.15, -0.1) is 0 Å². The molecule has 7 heteroatoms. The highest BCUT2D eigenvalue weighted by molar-refractivity contribution is 6.31. The standard InChI is InChI=1S/C30H25ClN2O4/c1-36-23-14-10-19(11-15-23)28-27(29(34)32-21-7-5-6-20(31)18-21)25-8-3-4-9-26(25)30(35)33(28)22-12-16-24(37-2)17-13-22/h3-18,27-28H,1-2H3,(H,32,34)/t27-,28-/m0/s1. The molecule has 1 N–H and O–H groups in total. The smallest absolute Gasteiger partial charge is 0.259 e. The number of nitrogens with one attached hydrogen (secondary N) is 1. The number of rotatable bonds is 6. The van der Waals surface area contributed by atoms with Crippen molar-refractivity contribution in [2.75, 3.05) is 24.4 Å². The van der Waals surface area contributed by atoms with Crippen molar-refractivity contribution in [3.8, 4) is 11.5 Å². The molecule has 2 atom stereocenters. The van der Waals surface area contributed by atoms with Crippen LogP contribution in [0.3, 0.4) is 0 Å². The van der Waals surface area contributed by atoms with Gasteiger partial charge in [-0.05, 0) is 71.8 Å². The first-order valence-corrected chi connectivity index (χ1v) is 12.1. The molecule has 0 saturated heterocycles. The summed E-state index contributed by atoms with van der Waals surface area (Å²) in [5.41, 5.74) is 3.18. The number of hydrogen-bond donors (Lipinski definition) is 1. The van der Waals surface area contributed by atoms with Crippen LogP contribution in [0.5, 0.6) is 11.5 Å². The van der Waals surface area contributed by atoms with E-state index in [4.69, 9.17) is 21.1 Å². The fraction of sp³-hybridized carbons (Fsp3) is 0.133. The molecule has 37 heavy (non-hydrogen) atoms. The predicted octanol–water partition coefficient (Wildman–Crippen LogP) is 6.48. The third kappa shape index (κ3) is 4.76. The number of benzene rings is 4. The van der Waals surface area contributed by atoms with Gasteiger partial charge in [0.05, 0.1) is 26.2 Å². The second-order valence-corrected chi connectivity index (χ2v) is 9.09. The minimum absolute atomic E-state index is 0.187. The number of halogens is 1. The van der Waals surface area contributed by atoms with E-state index in [1.165, 1.54) is 0 Å². The third-order valence-corrected chi connectivity index (χ3v) is 6.76. The van der Waals surface area contributed by atoms with Crippen molar-refractivity contribution >= 4 is 34.8 Å². The van der Waals surface area contributed by atoms with Gasteiger partial charge in [-0.3, -0.25) is 14.5 Å². The summed E-state index contributed by atoms with van der Waals surface area (Å²) in [6, 6.07) is 28.3. The van der Waals surface area contributed by atoms with E-state index in [2.05, 4.69) is 5.32 Å². The van der Waals surface area contributed by atoms with E-state index in [1.807, 2.05) is 54.6 Å². The van der Waals surface area contributed by atoms with Gasteiger partial charge in [-0.1, -0.05) is 48.0 Å². The minimum Gasteiger partial charge on any atom is -0.497 e. The molecule has 0 spiro atoms. The van der Waals surface area contributed by atoms with E-state index in [0.717, 1.165) is 5.56 Å². The molecule has 6 nitrogen and oxygen atoms in total. The van der Waals surface area contributed by atoms with Crippen LogP contribution in [-0.4, -0.2) is 26.0 Å². The number of amides is 2. The van der Waals surface area contributed by atoms with Crippen LogP contribution >= 0.6 is 11.6 Å². The Morgan fingerprint density at radius 1 is 0.838 bits per heavy atom. The molecule has 0 fully saturated rings. The Kier molecular flexibility index (Phi) is 6.84. The Balaban J connectivity index is 1.68. The molecule has 5 rings (SSSR count). The van der Waals surface area contributed by atoms with Gasteiger partial charge >= 0.3 is 0 Å². The van der Waals surface area contributed by atoms with E-state index in [-0.39, 0.29) is 11.8 Å². The van der Waals surface area contributed by atoms with Crippen LogP contribution in [0.25, 0.3) is 0 Å². The van der Waals surface area contributed by atoms with Gasteiger partial charge < -0.3 is 14.8 Å². The Morgan fingerprint density at radius 3 is 2.14 bits per heavy atom. The highest BCUT2D eigenvalue weighted by Crippen LogP contribution is 2.46. The van der Waals surface area contributed by atoms with E-state index in [0.29, 0.717) is 39.0 Å². The Bertz CT molecular complexity index is 1440. The van der Waals surface area contributed by atoms with Crippen molar-refractivity contribution in [2.24, 2.45) is 0 Å². The Hall–Kier alpha value is -4.29. The SMILES string of the molecule is COc1ccc([C@H]2[C@@H](C(=O)Nc3cccc(Cl)c3)c3ccccc3C(=O)N2c2ccc(OC)cc2)cc1. The van der Waals surface area contributed by atoms with Crippen LogP contribution in [0, 0.1) is 0 Å². The molecule has 4 aromatic carbocycles.